The van der Waals surface area contributed by atoms with Crippen LogP contribution in [0, 0.1) is 0 Å². The van der Waals surface area contributed by atoms with Crippen molar-refractivity contribution < 1.29 is 24.2 Å². The number of fused-ring (bicyclic) bond motifs is 1. The van der Waals surface area contributed by atoms with Crippen molar-refractivity contribution in [2.75, 3.05) is 19.8 Å². The Morgan fingerprint density at radius 3 is 2.68 bits per heavy atom. The molecule has 0 bridgehead atoms. The van der Waals surface area contributed by atoms with Crippen molar-refractivity contribution in [3.05, 3.63) is 82.4 Å². The van der Waals surface area contributed by atoms with Crippen molar-refractivity contribution in [2.45, 2.75) is 19.0 Å². The number of aromatic nitrogens is 2. The molecule has 0 radical (unpaired) electrons. The first-order chi connectivity index (χ1) is 16.5. The molecule has 8 nitrogen and oxygen atoms in total. The third-order valence-electron chi connectivity index (χ3n) is 5.89. The van der Waals surface area contributed by atoms with E-state index in [1.54, 1.807) is 30.7 Å². The molecule has 0 aliphatic carbocycles. The average Bonchev–Trinajstić information content (AvgIpc) is 3.45. The quantitative estimate of drug-likeness (QED) is 0.299. The molecule has 2 aliphatic heterocycles. The first-order valence-corrected chi connectivity index (χ1v) is 11.7. The number of hydrogen-bond donors (Lipinski definition) is 1. The smallest absolute Gasteiger partial charge is 0.295 e. The summed E-state index contributed by atoms with van der Waals surface area (Å²) in [5, 5.41) is 11.3. The predicted octanol–water partition coefficient (Wildman–Crippen LogP) is 3.93. The molecule has 1 N–H and O–H groups in total. The second kappa shape index (κ2) is 9.34. The third-order valence-corrected chi connectivity index (χ3v) is 6.39. The van der Waals surface area contributed by atoms with Gasteiger partial charge in [-0.15, -0.1) is 0 Å². The van der Waals surface area contributed by atoms with Gasteiger partial charge in [0.25, 0.3) is 11.7 Å². The number of Topliss-reactive ketones (excluding diaryl/α,β-unsaturated/α-hetero) is 1. The molecule has 9 heteroatoms. The van der Waals surface area contributed by atoms with Crippen molar-refractivity contribution >= 4 is 33.4 Å². The number of rotatable bonds is 6. The topological polar surface area (TPSA) is 93.9 Å². The molecule has 5 rings (SSSR count). The summed E-state index contributed by atoms with van der Waals surface area (Å²) in [7, 11) is 0. The van der Waals surface area contributed by atoms with Crippen molar-refractivity contribution in [2.24, 2.45) is 0 Å². The molecule has 1 saturated heterocycles. The second-order valence-electron chi connectivity index (χ2n) is 8.06. The lowest BCUT2D eigenvalue weighted by Gasteiger charge is -2.25. The molecule has 1 aromatic heterocycles. The Kier molecular flexibility index (Phi) is 6.10. The van der Waals surface area contributed by atoms with Crippen LogP contribution in [0.15, 0.2) is 71.2 Å². The largest absolute Gasteiger partial charge is 0.507 e. The molecular weight excluding hydrogens is 502 g/mol. The number of amides is 1. The zero-order valence-corrected chi connectivity index (χ0v) is 19.8. The highest BCUT2D eigenvalue weighted by molar-refractivity contribution is 9.10. The molecule has 1 atom stereocenters. The molecule has 3 aromatic rings. The van der Waals surface area contributed by atoms with Crippen molar-refractivity contribution in [3.63, 3.8) is 0 Å². The fraction of sp³-hybridized carbons (Fsp3) is 0.240. The van der Waals surface area contributed by atoms with Gasteiger partial charge in [0.2, 0.25) is 0 Å². The van der Waals surface area contributed by atoms with Gasteiger partial charge in [-0.05, 0) is 42.3 Å². The van der Waals surface area contributed by atoms with Crippen LogP contribution in [0.2, 0.25) is 0 Å². The van der Waals surface area contributed by atoms with Crippen LogP contribution in [0.5, 0.6) is 11.5 Å². The van der Waals surface area contributed by atoms with Crippen molar-refractivity contribution in [1.29, 1.82) is 0 Å². The molecule has 34 heavy (non-hydrogen) atoms. The maximum atomic E-state index is 13.2. The molecule has 0 saturated carbocycles. The molecular formula is C25H22BrN3O5. The van der Waals surface area contributed by atoms with Gasteiger partial charge in [0, 0.05) is 35.5 Å². The minimum absolute atomic E-state index is 0.0578. The van der Waals surface area contributed by atoms with Crippen LogP contribution in [0.4, 0.5) is 0 Å². The van der Waals surface area contributed by atoms with E-state index in [0.717, 1.165) is 10.0 Å². The summed E-state index contributed by atoms with van der Waals surface area (Å²) in [5.41, 5.74) is 1.18. The summed E-state index contributed by atoms with van der Waals surface area (Å²) in [6, 6.07) is 11.7. The highest BCUT2D eigenvalue weighted by Gasteiger charge is 2.45. The van der Waals surface area contributed by atoms with Gasteiger partial charge in [-0.1, -0.05) is 28.1 Å². The van der Waals surface area contributed by atoms with E-state index in [4.69, 9.17) is 9.47 Å². The first kappa shape index (κ1) is 22.2. The van der Waals surface area contributed by atoms with Gasteiger partial charge in [-0.25, -0.2) is 4.98 Å². The number of likely N-dealkylation sites (tertiary alicyclic amines) is 1. The van der Waals surface area contributed by atoms with E-state index in [-0.39, 0.29) is 11.3 Å². The SMILES string of the molecule is O=C1C(=O)N(CCCn2ccnc2)C(c2cccc(Br)c2)/C1=C(/O)c1ccc2c(c1)OCCO2. The number of imidazole rings is 1. The van der Waals surface area contributed by atoms with E-state index in [1.165, 1.54) is 4.90 Å². The number of benzene rings is 2. The van der Waals surface area contributed by atoms with Crippen LogP contribution in [-0.4, -0.2) is 51.0 Å². The minimum Gasteiger partial charge on any atom is -0.507 e. The normalized spacial score (nSPS) is 19.0. The Bertz CT molecular complexity index is 1270. The number of carbonyl (C=O) groups is 2. The molecule has 1 fully saturated rings. The van der Waals surface area contributed by atoms with Crippen molar-refractivity contribution in [3.8, 4) is 11.5 Å². The zero-order valence-electron chi connectivity index (χ0n) is 18.2. The predicted molar refractivity (Wildman–Crippen MR) is 127 cm³/mol. The summed E-state index contributed by atoms with van der Waals surface area (Å²) in [6.45, 7) is 1.84. The van der Waals surface area contributed by atoms with Crippen LogP contribution < -0.4 is 9.47 Å². The number of ketones is 1. The van der Waals surface area contributed by atoms with Crippen LogP contribution in [0.25, 0.3) is 5.76 Å². The molecule has 3 heterocycles. The van der Waals surface area contributed by atoms with E-state index < -0.39 is 17.7 Å². The average molecular weight is 524 g/mol. The Labute approximate surface area is 204 Å². The number of aryl methyl sites for hydroxylation is 1. The number of ether oxygens (including phenoxy) is 2. The van der Waals surface area contributed by atoms with E-state index >= 15 is 0 Å². The summed E-state index contributed by atoms with van der Waals surface area (Å²) in [6.07, 6.45) is 5.88. The Balaban J connectivity index is 1.54. The van der Waals surface area contributed by atoms with Crippen LogP contribution in [-0.2, 0) is 16.1 Å². The number of aliphatic hydroxyl groups excluding tert-OH is 1. The minimum atomic E-state index is -0.714. The highest BCUT2D eigenvalue weighted by Crippen LogP contribution is 2.41. The van der Waals surface area contributed by atoms with E-state index in [2.05, 4.69) is 20.9 Å². The Hall–Kier alpha value is -3.59. The number of halogens is 1. The standard InChI is InChI=1S/C25H22BrN3O5/c26-18-4-1-3-16(13-18)22-21(23(30)17-5-6-19-20(14-17)34-12-11-33-19)24(31)25(32)29(22)9-2-8-28-10-7-27-15-28/h1,3-7,10,13-15,22,30H,2,8-9,11-12H2/b23-21-. The number of hydrogen-bond acceptors (Lipinski definition) is 6. The summed E-state index contributed by atoms with van der Waals surface area (Å²) >= 11 is 3.47. The van der Waals surface area contributed by atoms with Gasteiger partial charge < -0.3 is 24.0 Å². The van der Waals surface area contributed by atoms with E-state index in [1.807, 2.05) is 35.0 Å². The first-order valence-electron chi connectivity index (χ1n) is 10.9. The van der Waals surface area contributed by atoms with Gasteiger partial charge >= 0.3 is 0 Å². The molecule has 0 spiro atoms. The fourth-order valence-corrected chi connectivity index (χ4v) is 4.74. The van der Waals surface area contributed by atoms with Crippen LogP contribution in [0.3, 0.4) is 0 Å². The molecule has 1 unspecified atom stereocenters. The monoisotopic (exact) mass is 523 g/mol. The lowest BCUT2D eigenvalue weighted by molar-refractivity contribution is -0.139. The summed E-state index contributed by atoms with van der Waals surface area (Å²) < 4.78 is 13.9. The molecule has 2 aromatic carbocycles. The van der Waals surface area contributed by atoms with Gasteiger partial charge in [0.1, 0.15) is 19.0 Å². The molecule has 1 amide bonds. The lowest BCUT2D eigenvalue weighted by Crippen LogP contribution is -2.31. The van der Waals surface area contributed by atoms with E-state index in [9.17, 15) is 14.7 Å². The van der Waals surface area contributed by atoms with Crippen LogP contribution in [0.1, 0.15) is 23.6 Å². The Morgan fingerprint density at radius 1 is 1.09 bits per heavy atom. The number of carbonyl (C=O) groups excluding carboxylic acids is 2. The van der Waals surface area contributed by atoms with E-state index in [0.29, 0.717) is 49.8 Å². The summed E-state index contributed by atoms with van der Waals surface area (Å²) in [5.74, 6) is -0.512. The Morgan fingerprint density at radius 2 is 1.91 bits per heavy atom. The zero-order chi connectivity index (χ0) is 23.7. The number of nitrogens with zero attached hydrogens (tertiary/aromatic N) is 3. The third kappa shape index (κ3) is 4.19. The molecule has 174 valence electrons. The van der Waals surface area contributed by atoms with Crippen molar-refractivity contribution in [1.82, 2.24) is 14.5 Å². The maximum absolute atomic E-state index is 13.2. The highest BCUT2D eigenvalue weighted by atomic mass is 79.9. The molecule has 2 aliphatic rings. The van der Waals surface area contributed by atoms with Gasteiger partial charge in [0.15, 0.2) is 11.5 Å². The maximum Gasteiger partial charge on any atom is 0.295 e. The van der Waals surface area contributed by atoms with Crippen LogP contribution >= 0.6 is 15.9 Å². The number of aliphatic hydroxyl groups is 1. The van der Waals surface area contributed by atoms with Gasteiger partial charge in [-0.2, -0.15) is 0 Å². The summed E-state index contributed by atoms with van der Waals surface area (Å²) in [4.78, 5) is 31.9. The van der Waals surface area contributed by atoms with Gasteiger partial charge in [-0.3, -0.25) is 9.59 Å². The second-order valence-corrected chi connectivity index (χ2v) is 8.98. The van der Waals surface area contributed by atoms with Gasteiger partial charge in [0.05, 0.1) is 17.9 Å². The lowest BCUT2D eigenvalue weighted by atomic mass is 9.95. The fourth-order valence-electron chi connectivity index (χ4n) is 4.32.